The van der Waals surface area contributed by atoms with E-state index < -0.39 is 31.3 Å². The highest BCUT2D eigenvalue weighted by Crippen LogP contribution is 2.26. The van der Waals surface area contributed by atoms with Crippen LogP contribution >= 0.6 is 0 Å². The fourth-order valence-corrected chi connectivity index (χ4v) is 2.90. The number of non-ortho nitro benzene ring substituents is 1. The van der Waals surface area contributed by atoms with Crippen LogP contribution in [0, 0.1) is 22.9 Å². The van der Waals surface area contributed by atoms with E-state index in [1.165, 1.54) is 24.0 Å². The summed E-state index contributed by atoms with van der Waals surface area (Å²) in [6.07, 6.45) is 2.61. The Hall–Kier alpha value is -2.49. The van der Waals surface area contributed by atoms with Gasteiger partial charge >= 0.3 is 0 Å². The van der Waals surface area contributed by atoms with Gasteiger partial charge in [0.15, 0.2) is 0 Å². The minimum Gasteiger partial charge on any atom is -0.276 e. The van der Waals surface area contributed by atoms with Crippen LogP contribution in [0.4, 0.5) is 15.8 Å². The summed E-state index contributed by atoms with van der Waals surface area (Å²) in [6, 6.07) is 1.65. The van der Waals surface area contributed by atoms with Crippen LogP contribution < -0.4 is 4.72 Å². The molecule has 10 heteroatoms. The maximum absolute atomic E-state index is 14.0. The van der Waals surface area contributed by atoms with Gasteiger partial charge in [-0.05, 0) is 12.5 Å². The number of hydrogen-bond donors (Lipinski definition) is 1. The van der Waals surface area contributed by atoms with Gasteiger partial charge in [0.25, 0.3) is 15.7 Å². The van der Waals surface area contributed by atoms with Crippen molar-refractivity contribution in [2.24, 2.45) is 7.05 Å². The van der Waals surface area contributed by atoms with E-state index in [0.717, 1.165) is 6.07 Å². The van der Waals surface area contributed by atoms with E-state index in [0.29, 0.717) is 6.07 Å². The van der Waals surface area contributed by atoms with Crippen LogP contribution in [-0.4, -0.2) is 23.1 Å². The van der Waals surface area contributed by atoms with Gasteiger partial charge in [0, 0.05) is 25.4 Å². The van der Waals surface area contributed by atoms with Gasteiger partial charge in [-0.1, -0.05) is 0 Å². The number of nitrogens with one attached hydrogen (secondary N) is 1. The largest absolute Gasteiger partial charge is 0.276 e. The van der Waals surface area contributed by atoms with Crippen LogP contribution in [0.2, 0.25) is 0 Å². The van der Waals surface area contributed by atoms with Crippen molar-refractivity contribution in [3.05, 3.63) is 46.0 Å². The van der Waals surface area contributed by atoms with Gasteiger partial charge in [0.05, 0.1) is 16.8 Å². The Bertz CT molecular complexity index is 816. The van der Waals surface area contributed by atoms with Crippen LogP contribution in [0.25, 0.3) is 0 Å². The lowest BCUT2D eigenvalue weighted by Crippen LogP contribution is -2.15. The number of aromatic nitrogens is 2. The molecule has 0 aliphatic carbocycles. The lowest BCUT2D eigenvalue weighted by Gasteiger charge is -2.08. The number of halogens is 1. The molecule has 1 N–H and O–H groups in total. The molecule has 0 aliphatic heterocycles. The first-order chi connectivity index (χ1) is 9.70. The summed E-state index contributed by atoms with van der Waals surface area (Å²) in [5.41, 5.74) is -0.503. The lowest BCUT2D eigenvalue weighted by atomic mass is 10.2. The molecule has 0 saturated carbocycles. The van der Waals surface area contributed by atoms with Gasteiger partial charge in [-0.15, -0.1) is 0 Å². The number of nitro benzene ring substituents is 1. The summed E-state index contributed by atoms with van der Waals surface area (Å²) in [5, 5.41) is 14.5. The third-order valence-electron chi connectivity index (χ3n) is 2.66. The van der Waals surface area contributed by atoms with Crippen LogP contribution in [0.3, 0.4) is 0 Å². The molecule has 0 fully saturated rings. The molecule has 8 nitrogen and oxygen atoms in total. The Balaban J connectivity index is 2.51. The fourth-order valence-electron chi connectivity index (χ4n) is 1.70. The molecule has 0 bridgehead atoms. The van der Waals surface area contributed by atoms with Gasteiger partial charge in [-0.3, -0.25) is 19.5 Å². The Morgan fingerprint density at radius 1 is 1.43 bits per heavy atom. The maximum atomic E-state index is 14.0. The van der Waals surface area contributed by atoms with Crippen molar-refractivity contribution in [1.82, 2.24) is 9.78 Å². The molecule has 0 saturated heterocycles. The highest BCUT2D eigenvalue weighted by molar-refractivity contribution is 7.92. The van der Waals surface area contributed by atoms with Crippen LogP contribution in [0.15, 0.2) is 29.4 Å². The number of rotatable bonds is 4. The van der Waals surface area contributed by atoms with Crippen molar-refractivity contribution < 1.29 is 17.7 Å². The first kappa shape index (κ1) is 14.9. The minimum atomic E-state index is -4.29. The molecule has 2 aromatic rings. The molecule has 2 rings (SSSR count). The van der Waals surface area contributed by atoms with E-state index in [2.05, 4.69) is 9.82 Å². The summed E-state index contributed by atoms with van der Waals surface area (Å²) in [5.74, 6) is -1.03. The molecular formula is C11H11FN4O4S. The predicted octanol–water partition coefficient (Wildman–Crippen LogP) is 1.58. The molecule has 1 aromatic carbocycles. The molecule has 0 radical (unpaired) electrons. The lowest BCUT2D eigenvalue weighted by molar-refractivity contribution is -0.385. The zero-order valence-electron chi connectivity index (χ0n) is 11.1. The summed E-state index contributed by atoms with van der Waals surface area (Å²) in [7, 11) is -2.71. The highest BCUT2D eigenvalue weighted by Gasteiger charge is 2.25. The van der Waals surface area contributed by atoms with E-state index in [4.69, 9.17) is 0 Å². The second-order valence-corrected chi connectivity index (χ2v) is 5.99. The monoisotopic (exact) mass is 314 g/mol. The Labute approximate surface area is 119 Å². The van der Waals surface area contributed by atoms with Crippen molar-refractivity contribution in [2.45, 2.75) is 11.8 Å². The molecule has 112 valence electrons. The second kappa shape index (κ2) is 5.13. The fraction of sp³-hybridized carbons (Fsp3) is 0.182. The quantitative estimate of drug-likeness (QED) is 0.681. The number of nitro groups is 1. The average molecular weight is 314 g/mol. The Morgan fingerprint density at radius 2 is 2.10 bits per heavy atom. The van der Waals surface area contributed by atoms with Crippen molar-refractivity contribution in [1.29, 1.82) is 0 Å². The molecule has 0 spiro atoms. The van der Waals surface area contributed by atoms with Crippen molar-refractivity contribution in [3.63, 3.8) is 0 Å². The molecule has 0 unspecified atom stereocenters. The predicted molar refractivity (Wildman–Crippen MR) is 71.8 cm³/mol. The minimum absolute atomic E-state index is 0.126. The third-order valence-corrected chi connectivity index (χ3v) is 4.04. The van der Waals surface area contributed by atoms with E-state index in [1.807, 2.05) is 0 Å². The molecule has 21 heavy (non-hydrogen) atoms. The number of benzene rings is 1. The van der Waals surface area contributed by atoms with Gasteiger partial charge in [-0.2, -0.15) is 5.10 Å². The van der Waals surface area contributed by atoms with Crippen molar-refractivity contribution >= 4 is 21.4 Å². The van der Waals surface area contributed by atoms with Crippen molar-refractivity contribution in [2.75, 3.05) is 4.72 Å². The number of sulfonamides is 1. The molecule has 0 amide bonds. The van der Waals surface area contributed by atoms with Crippen molar-refractivity contribution in [3.8, 4) is 0 Å². The highest BCUT2D eigenvalue weighted by atomic mass is 32.2. The first-order valence-electron chi connectivity index (χ1n) is 5.66. The van der Waals surface area contributed by atoms with Crippen LogP contribution in [0.5, 0.6) is 0 Å². The van der Waals surface area contributed by atoms with Gasteiger partial charge in [0.1, 0.15) is 10.7 Å². The zero-order chi connectivity index (χ0) is 15.8. The SMILES string of the molecule is Cc1cc([N+](=O)[O-])cc(S(=O)(=O)Nc2cnn(C)c2)c1F. The smallest absolute Gasteiger partial charge is 0.271 e. The standard InChI is InChI=1S/C11H11FN4O4S/c1-7-3-9(16(17)18)4-10(11(7)12)21(19,20)14-8-5-13-15(2)6-8/h3-6,14H,1-2H3. The third kappa shape index (κ3) is 2.99. The van der Waals surface area contributed by atoms with E-state index >= 15 is 0 Å². The molecular weight excluding hydrogens is 303 g/mol. The molecule has 0 aliphatic rings. The molecule has 1 aromatic heterocycles. The number of anilines is 1. The van der Waals surface area contributed by atoms with Gasteiger partial charge < -0.3 is 0 Å². The van der Waals surface area contributed by atoms with Crippen LogP contribution in [0.1, 0.15) is 5.56 Å². The van der Waals surface area contributed by atoms with E-state index in [1.54, 1.807) is 7.05 Å². The summed E-state index contributed by atoms with van der Waals surface area (Å²) in [6.45, 7) is 1.26. The summed E-state index contributed by atoms with van der Waals surface area (Å²) < 4.78 is 41.8. The van der Waals surface area contributed by atoms with Gasteiger partial charge in [0.2, 0.25) is 0 Å². The number of nitrogens with zero attached hydrogens (tertiary/aromatic N) is 3. The number of hydrogen-bond acceptors (Lipinski definition) is 5. The topological polar surface area (TPSA) is 107 Å². The summed E-state index contributed by atoms with van der Waals surface area (Å²) >= 11 is 0. The average Bonchev–Trinajstić information content (AvgIpc) is 2.76. The van der Waals surface area contributed by atoms with E-state index in [9.17, 15) is 22.9 Å². The van der Waals surface area contributed by atoms with Crippen LogP contribution in [-0.2, 0) is 17.1 Å². The molecule has 1 heterocycles. The van der Waals surface area contributed by atoms with Gasteiger partial charge in [-0.25, -0.2) is 12.8 Å². The Kier molecular flexibility index (Phi) is 3.64. The summed E-state index contributed by atoms with van der Waals surface area (Å²) in [4.78, 5) is 9.20. The second-order valence-electron chi connectivity index (χ2n) is 4.34. The maximum Gasteiger partial charge on any atom is 0.271 e. The first-order valence-corrected chi connectivity index (χ1v) is 7.15. The van der Waals surface area contributed by atoms with E-state index in [-0.39, 0.29) is 11.3 Å². The zero-order valence-corrected chi connectivity index (χ0v) is 11.9. The molecule has 0 atom stereocenters. The number of aryl methyl sites for hydroxylation is 2. The Morgan fingerprint density at radius 3 is 2.62 bits per heavy atom. The normalized spacial score (nSPS) is 11.4.